The molecule has 7 unspecified atom stereocenters. The normalized spacial score (nSPS) is 21.5. The number of rotatable bonds is 37. The molecule has 60 heavy (non-hydrogen) atoms. The van der Waals surface area contributed by atoms with Crippen molar-refractivity contribution in [3.63, 3.8) is 0 Å². The predicted octanol–water partition coefficient (Wildman–Crippen LogP) is 10.1. The first-order valence-electron chi connectivity index (χ1n) is 23.5. The molecule has 0 aromatic carbocycles. The Balaban J connectivity index is 2.39. The molecule has 342 valence electrons. The smallest absolute Gasteiger partial charge is 0.220 e. The summed E-state index contributed by atoms with van der Waals surface area (Å²) in [5, 5.41) is 54.2. The molecule has 9 heteroatoms. The third kappa shape index (κ3) is 30.2. The van der Waals surface area contributed by atoms with Gasteiger partial charge in [0.2, 0.25) is 5.91 Å². The lowest BCUT2D eigenvalue weighted by Crippen LogP contribution is -2.60. The molecule has 1 fully saturated rings. The number of aliphatic hydroxyl groups is 5. The highest BCUT2D eigenvalue weighted by atomic mass is 16.7. The van der Waals surface area contributed by atoms with E-state index in [0.29, 0.717) is 12.8 Å². The summed E-state index contributed by atoms with van der Waals surface area (Å²) >= 11 is 0. The van der Waals surface area contributed by atoms with Crippen molar-refractivity contribution in [1.29, 1.82) is 0 Å². The molecule has 1 aliphatic rings. The van der Waals surface area contributed by atoms with Gasteiger partial charge in [-0.05, 0) is 83.5 Å². The number of ether oxygens (including phenoxy) is 2. The van der Waals surface area contributed by atoms with E-state index in [1.807, 2.05) is 6.08 Å². The Bertz CT molecular complexity index is 1250. The van der Waals surface area contributed by atoms with E-state index in [2.05, 4.69) is 104 Å². The second-order valence-corrected chi connectivity index (χ2v) is 15.8. The molecule has 1 amide bonds. The fourth-order valence-electron chi connectivity index (χ4n) is 6.64. The number of carbonyl (C=O) groups excluding carboxylic acids is 1. The van der Waals surface area contributed by atoms with Crippen LogP contribution in [0.15, 0.2) is 97.2 Å². The molecule has 0 aromatic heterocycles. The van der Waals surface area contributed by atoms with Crippen LogP contribution >= 0.6 is 0 Å². The minimum absolute atomic E-state index is 0.217. The monoisotopic (exact) mass is 840 g/mol. The van der Waals surface area contributed by atoms with Gasteiger partial charge in [0, 0.05) is 6.42 Å². The summed E-state index contributed by atoms with van der Waals surface area (Å²) in [5.74, 6) is -0.217. The molecule has 0 aromatic rings. The Morgan fingerprint density at radius 2 is 1.05 bits per heavy atom. The number of nitrogens with one attached hydrogen (secondary N) is 1. The maximum absolute atomic E-state index is 13.0. The van der Waals surface area contributed by atoms with Crippen molar-refractivity contribution in [2.75, 3.05) is 13.2 Å². The highest BCUT2D eigenvalue weighted by Gasteiger charge is 2.44. The molecule has 1 aliphatic heterocycles. The first-order chi connectivity index (χ1) is 29.3. The second kappa shape index (κ2) is 40.2. The van der Waals surface area contributed by atoms with Crippen LogP contribution in [0.5, 0.6) is 0 Å². The Morgan fingerprint density at radius 1 is 0.583 bits per heavy atom. The SMILES string of the molecule is CC/C=C\C/C=C\C/C=C\C/C=C\C/C=C\C/C=C\CCCCCCC(=O)NC(COC1OC(CO)C(O)C(O)C1O)C(O)/C=C/CC/C=C/CCCCCCCCCC. The number of carbonyl (C=O) groups is 1. The van der Waals surface area contributed by atoms with Crippen LogP contribution in [0.2, 0.25) is 0 Å². The molecule has 0 bridgehead atoms. The summed E-state index contributed by atoms with van der Waals surface area (Å²) in [5.41, 5.74) is 0. The van der Waals surface area contributed by atoms with E-state index >= 15 is 0 Å². The standard InChI is InChI=1S/C51H85NO8/c1-3-5-7-9-11-13-15-17-19-20-21-22-23-24-25-26-27-29-31-33-35-37-39-41-47(55)52-44(43-59-51-50(58)49(57)48(56)46(42-53)60-51)45(54)40-38-36-34-32-30-28-18-16-14-12-10-8-6-4-2/h5,7,11,13,17,19,21-22,24-25,27,29-30,32,38,40,44-46,48-51,53-54,56-58H,3-4,6,8-10,12,14-16,18,20,23,26,28,31,33-37,39,41-43H2,1-2H3,(H,52,55)/b7-5-,13-11-,19-17-,22-21-,25-24-,29-27-,32-30+,40-38+. The molecule has 0 radical (unpaired) electrons. The average molecular weight is 840 g/mol. The third-order valence-electron chi connectivity index (χ3n) is 10.4. The molecular weight excluding hydrogens is 755 g/mol. The second-order valence-electron chi connectivity index (χ2n) is 15.8. The molecule has 0 aliphatic carbocycles. The van der Waals surface area contributed by atoms with Crippen LogP contribution in [-0.4, -0.2) is 87.5 Å². The van der Waals surface area contributed by atoms with Crippen LogP contribution in [0.4, 0.5) is 0 Å². The summed E-state index contributed by atoms with van der Waals surface area (Å²) in [6.07, 6.45) is 50.2. The molecule has 6 N–H and O–H groups in total. The van der Waals surface area contributed by atoms with Gasteiger partial charge in [0.15, 0.2) is 6.29 Å². The van der Waals surface area contributed by atoms with Gasteiger partial charge in [-0.3, -0.25) is 4.79 Å². The van der Waals surface area contributed by atoms with Gasteiger partial charge in [-0.25, -0.2) is 0 Å². The first kappa shape index (κ1) is 55.1. The zero-order valence-electron chi connectivity index (χ0n) is 37.4. The van der Waals surface area contributed by atoms with Crippen LogP contribution in [0, 0.1) is 0 Å². The molecule has 9 nitrogen and oxygen atoms in total. The Morgan fingerprint density at radius 3 is 1.60 bits per heavy atom. The molecule has 1 heterocycles. The molecule has 0 spiro atoms. The van der Waals surface area contributed by atoms with Crippen molar-refractivity contribution in [3.05, 3.63) is 97.2 Å². The number of aliphatic hydroxyl groups excluding tert-OH is 5. The van der Waals surface area contributed by atoms with Crippen LogP contribution in [0.3, 0.4) is 0 Å². The fraction of sp³-hybridized carbons (Fsp3) is 0.667. The highest BCUT2D eigenvalue weighted by molar-refractivity contribution is 5.76. The Hall–Kier alpha value is -2.89. The number of allylic oxidation sites excluding steroid dienone is 15. The maximum Gasteiger partial charge on any atom is 0.220 e. The minimum Gasteiger partial charge on any atom is -0.394 e. The number of unbranched alkanes of at least 4 members (excludes halogenated alkanes) is 13. The Labute approximate surface area is 364 Å². The zero-order chi connectivity index (χ0) is 43.7. The van der Waals surface area contributed by atoms with Gasteiger partial charge in [-0.15, -0.1) is 0 Å². The van der Waals surface area contributed by atoms with E-state index in [9.17, 15) is 30.3 Å². The molecule has 1 saturated heterocycles. The van der Waals surface area contributed by atoms with E-state index < -0.39 is 49.5 Å². The molecule has 0 saturated carbocycles. The lowest BCUT2D eigenvalue weighted by Gasteiger charge is -2.40. The van der Waals surface area contributed by atoms with Crippen molar-refractivity contribution in [3.8, 4) is 0 Å². The van der Waals surface area contributed by atoms with Crippen molar-refractivity contribution >= 4 is 5.91 Å². The molecule has 1 rings (SSSR count). The lowest BCUT2D eigenvalue weighted by molar-refractivity contribution is -0.302. The van der Waals surface area contributed by atoms with E-state index in [0.717, 1.165) is 83.5 Å². The zero-order valence-corrected chi connectivity index (χ0v) is 37.4. The van der Waals surface area contributed by atoms with Crippen molar-refractivity contribution in [2.45, 2.75) is 204 Å². The van der Waals surface area contributed by atoms with Crippen LogP contribution in [0.25, 0.3) is 0 Å². The summed E-state index contributed by atoms with van der Waals surface area (Å²) < 4.78 is 11.2. The van der Waals surface area contributed by atoms with E-state index in [1.165, 1.54) is 51.4 Å². The summed E-state index contributed by atoms with van der Waals surface area (Å²) in [6, 6.07) is -0.841. The predicted molar refractivity (Wildman–Crippen MR) is 248 cm³/mol. The van der Waals surface area contributed by atoms with Crippen molar-refractivity contribution in [1.82, 2.24) is 5.32 Å². The van der Waals surface area contributed by atoms with Crippen molar-refractivity contribution < 1.29 is 39.8 Å². The van der Waals surface area contributed by atoms with Gasteiger partial charge < -0.3 is 40.3 Å². The van der Waals surface area contributed by atoms with E-state index in [1.54, 1.807) is 6.08 Å². The highest BCUT2D eigenvalue weighted by Crippen LogP contribution is 2.22. The van der Waals surface area contributed by atoms with E-state index in [4.69, 9.17) is 9.47 Å². The van der Waals surface area contributed by atoms with Gasteiger partial charge in [0.05, 0.1) is 25.4 Å². The Kier molecular flexibility index (Phi) is 36.9. The minimum atomic E-state index is -1.58. The summed E-state index contributed by atoms with van der Waals surface area (Å²) in [7, 11) is 0. The topological polar surface area (TPSA) is 149 Å². The number of amides is 1. The number of hydrogen-bond donors (Lipinski definition) is 6. The van der Waals surface area contributed by atoms with E-state index in [-0.39, 0.29) is 12.5 Å². The fourth-order valence-corrected chi connectivity index (χ4v) is 6.64. The third-order valence-corrected chi connectivity index (χ3v) is 10.4. The van der Waals surface area contributed by atoms with Gasteiger partial charge in [-0.1, -0.05) is 169 Å². The van der Waals surface area contributed by atoms with Gasteiger partial charge >= 0.3 is 0 Å². The lowest BCUT2D eigenvalue weighted by atomic mass is 9.99. The average Bonchev–Trinajstić information content (AvgIpc) is 3.25. The summed E-state index contributed by atoms with van der Waals surface area (Å²) in [4.78, 5) is 13.0. The van der Waals surface area contributed by atoms with Crippen molar-refractivity contribution in [2.24, 2.45) is 0 Å². The molecular formula is C51H85NO8. The maximum atomic E-state index is 13.0. The van der Waals surface area contributed by atoms with Gasteiger partial charge in [0.1, 0.15) is 24.4 Å². The summed E-state index contributed by atoms with van der Waals surface area (Å²) in [6.45, 7) is 3.60. The van der Waals surface area contributed by atoms with Crippen LogP contribution < -0.4 is 5.32 Å². The van der Waals surface area contributed by atoms with Gasteiger partial charge in [0.25, 0.3) is 0 Å². The number of hydrogen-bond acceptors (Lipinski definition) is 8. The van der Waals surface area contributed by atoms with Gasteiger partial charge in [-0.2, -0.15) is 0 Å². The molecule has 7 atom stereocenters. The van der Waals surface area contributed by atoms with Crippen LogP contribution in [-0.2, 0) is 14.3 Å². The van der Waals surface area contributed by atoms with Crippen LogP contribution in [0.1, 0.15) is 162 Å². The first-order valence-corrected chi connectivity index (χ1v) is 23.5. The largest absolute Gasteiger partial charge is 0.394 e. The quantitative estimate of drug-likeness (QED) is 0.0268.